The van der Waals surface area contributed by atoms with E-state index in [0.717, 1.165) is 16.9 Å². The Morgan fingerprint density at radius 1 is 1.15 bits per heavy atom. The van der Waals surface area contributed by atoms with Gasteiger partial charge in [0.25, 0.3) is 0 Å². The predicted molar refractivity (Wildman–Crippen MR) is 50.2 cm³/mol. The summed E-state index contributed by atoms with van der Waals surface area (Å²) in [5.41, 5.74) is 1.77. The van der Waals surface area contributed by atoms with Crippen molar-refractivity contribution in [1.29, 1.82) is 0 Å². The largest absolute Gasteiger partial charge is 0.496 e. The van der Waals surface area contributed by atoms with Crippen molar-refractivity contribution in [3.8, 4) is 11.5 Å². The summed E-state index contributed by atoms with van der Waals surface area (Å²) in [6.45, 7) is 1.91. The third-order valence-corrected chi connectivity index (χ3v) is 1.97. The Hall–Kier alpha value is -1.22. The second-order valence-corrected chi connectivity index (χ2v) is 2.79. The fraction of sp³-hybridized carbons (Fsp3) is 0.400. The van der Waals surface area contributed by atoms with Gasteiger partial charge in [0.05, 0.1) is 20.8 Å². The zero-order valence-electron chi connectivity index (χ0n) is 8.13. The monoisotopic (exact) mass is 182 g/mol. The van der Waals surface area contributed by atoms with Crippen LogP contribution in [0.1, 0.15) is 11.1 Å². The van der Waals surface area contributed by atoms with Crippen LogP contribution in [0.4, 0.5) is 0 Å². The van der Waals surface area contributed by atoms with Crippen LogP contribution < -0.4 is 9.47 Å². The number of aryl methyl sites for hydroxylation is 1. The first-order valence-corrected chi connectivity index (χ1v) is 4.05. The van der Waals surface area contributed by atoms with Gasteiger partial charge in [-0.15, -0.1) is 0 Å². The minimum Gasteiger partial charge on any atom is -0.496 e. The molecule has 0 saturated heterocycles. The van der Waals surface area contributed by atoms with Gasteiger partial charge in [0.1, 0.15) is 11.5 Å². The van der Waals surface area contributed by atoms with E-state index in [-0.39, 0.29) is 6.61 Å². The van der Waals surface area contributed by atoms with E-state index in [2.05, 4.69) is 0 Å². The van der Waals surface area contributed by atoms with Gasteiger partial charge in [0.15, 0.2) is 0 Å². The van der Waals surface area contributed by atoms with Crippen LogP contribution in [0, 0.1) is 6.92 Å². The molecule has 3 heteroatoms. The zero-order valence-corrected chi connectivity index (χ0v) is 8.13. The highest BCUT2D eigenvalue weighted by Crippen LogP contribution is 2.28. The summed E-state index contributed by atoms with van der Waals surface area (Å²) < 4.78 is 10.2. The Morgan fingerprint density at radius 3 is 2.23 bits per heavy atom. The molecule has 0 fully saturated rings. The molecule has 1 aromatic rings. The van der Waals surface area contributed by atoms with E-state index in [1.807, 2.05) is 13.0 Å². The maximum atomic E-state index is 9.02. The average Bonchev–Trinajstić information content (AvgIpc) is 2.17. The van der Waals surface area contributed by atoms with Crippen molar-refractivity contribution in [3.05, 3.63) is 23.3 Å². The SMILES string of the molecule is COc1cc(OC)c(CO)cc1C. The number of hydrogen-bond donors (Lipinski definition) is 1. The van der Waals surface area contributed by atoms with Crippen LogP contribution in [0.3, 0.4) is 0 Å². The summed E-state index contributed by atoms with van der Waals surface area (Å²) in [6, 6.07) is 3.64. The number of benzene rings is 1. The smallest absolute Gasteiger partial charge is 0.128 e. The third kappa shape index (κ3) is 1.92. The number of rotatable bonds is 3. The fourth-order valence-electron chi connectivity index (χ4n) is 1.26. The lowest BCUT2D eigenvalue weighted by molar-refractivity contribution is 0.273. The quantitative estimate of drug-likeness (QED) is 0.770. The van der Waals surface area contributed by atoms with Gasteiger partial charge in [-0.05, 0) is 18.6 Å². The minimum atomic E-state index is -0.0198. The first-order valence-electron chi connectivity index (χ1n) is 4.05. The van der Waals surface area contributed by atoms with Gasteiger partial charge in [-0.3, -0.25) is 0 Å². The van der Waals surface area contributed by atoms with Gasteiger partial charge in [-0.2, -0.15) is 0 Å². The van der Waals surface area contributed by atoms with Crippen molar-refractivity contribution in [2.75, 3.05) is 14.2 Å². The molecule has 0 heterocycles. The lowest BCUT2D eigenvalue weighted by atomic mass is 10.1. The number of aliphatic hydroxyl groups excluding tert-OH is 1. The highest BCUT2D eigenvalue weighted by Gasteiger charge is 2.06. The minimum absolute atomic E-state index is 0.0198. The molecule has 0 amide bonds. The maximum Gasteiger partial charge on any atom is 0.128 e. The second kappa shape index (κ2) is 4.14. The Balaban J connectivity index is 3.18. The summed E-state index contributed by atoms with van der Waals surface area (Å²) in [7, 11) is 3.18. The predicted octanol–water partition coefficient (Wildman–Crippen LogP) is 1.50. The van der Waals surface area contributed by atoms with Crippen LogP contribution in [0.15, 0.2) is 12.1 Å². The molecule has 0 aliphatic rings. The lowest BCUT2D eigenvalue weighted by Crippen LogP contribution is -1.95. The first-order chi connectivity index (χ1) is 6.22. The number of aliphatic hydroxyl groups is 1. The highest BCUT2D eigenvalue weighted by molar-refractivity contribution is 5.45. The van der Waals surface area contributed by atoms with Crippen molar-refractivity contribution < 1.29 is 14.6 Å². The molecule has 72 valence electrons. The molecule has 3 nitrogen and oxygen atoms in total. The summed E-state index contributed by atoms with van der Waals surface area (Å²) in [4.78, 5) is 0. The van der Waals surface area contributed by atoms with Crippen LogP contribution in [-0.4, -0.2) is 19.3 Å². The molecule has 0 radical (unpaired) electrons. The molecule has 0 aliphatic carbocycles. The first kappa shape index (κ1) is 9.86. The van der Waals surface area contributed by atoms with E-state index >= 15 is 0 Å². The molecule has 0 atom stereocenters. The fourth-order valence-corrected chi connectivity index (χ4v) is 1.26. The van der Waals surface area contributed by atoms with E-state index in [1.165, 1.54) is 0 Å². The molecule has 0 spiro atoms. The molecular formula is C10H14O3. The summed E-state index contributed by atoms with van der Waals surface area (Å²) in [6.07, 6.45) is 0. The van der Waals surface area contributed by atoms with Gasteiger partial charge in [0, 0.05) is 11.6 Å². The van der Waals surface area contributed by atoms with E-state index in [4.69, 9.17) is 14.6 Å². The molecular weight excluding hydrogens is 168 g/mol. The van der Waals surface area contributed by atoms with Crippen molar-refractivity contribution in [1.82, 2.24) is 0 Å². The lowest BCUT2D eigenvalue weighted by Gasteiger charge is -2.10. The standard InChI is InChI=1S/C10H14O3/c1-7-4-8(6-11)10(13-3)5-9(7)12-2/h4-5,11H,6H2,1-3H3. The number of hydrogen-bond acceptors (Lipinski definition) is 3. The molecule has 0 unspecified atom stereocenters. The van der Waals surface area contributed by atoms with E-state index in [1.54, 1.807) is 20.3 Å². The van der Waals surface area contributed by atoms with Gasteiger partial charge in [-0.1, -0.05) is 0 Å². The van der Waals surface area contributed by atoms with E-state index < -0.39 is 0 Å². The number of methoxy groups -OCH3 is 2. The summed E-state index contributed by atoms with van der Waals surface area (Å²) in [5.74, 6) is 1.43. The molecule has 0 aromatic heterocycles. The number of ether oxygens (including phenoxy) is 2. The molecule has 1 N–H and O–H groups in total. The van der Waals surface area contributed by atoms with Gasteiger partial charge in [-0.25, -0.2) is 0 Å². The Kier molecular flexibility index (Phi) is 3.14. The van der Waals surface area contributed by atoms with E-state index in [9.17, 15) is 0 Å². The van der Waals surface area contributed by atoms with Crippen molar-refractivity contribution in [2.24, 2.45) is 0 Å². The second-order valence-electron chi connectivity index (χ2n) is 2.79. The van der Waals surface area contributed by atoms with Crippen LogP contribution in [0.2, 0.25) is 0 Å². The average molecular weight is 182 g/mol. The Morgan fingerprint density at radius 2 is 1.77 bits per heavy atom. The van der Waals surface area contributed by atoms with E-state index in [0.29, 0.717) is 5.75 Å². The van der Waals surface area contributed by atoms with Crippen molar-refractivity contribution in [3.63, 3.8) is 0 Å². The topological polar surface area (TPSA) is 38.7 Å². The summed E-state index contributed by atoms with van der Waals surface area (Å²) in [5, 5.41) is 9.02. The molecule has 0 bridgehead atoms. The highest BCUT2D eigenvalue weighted by atomic mass is 16.5. The Labute approximate surface area is 77.9 Å². The van der Waals surface area contributed by atoms with Gasteiger partial charge in [0.2, 0.25) is 0 Å². The third-order valence-electron chi connectivity index (χ3n) is 1.97. The van der Waals surface area contributed by atoms with Gasteiger partial charge >= 0.3 is 0 Å². The molecule has 1 aromatic carbocycles. The van der Waals surface area contributed by atoms with Crippen molar-refractivity contribution in [2.45, 2.75) is 13.5 Å². The summed E-state index contributed by atoms with van der Waals surface area (Å²) >= 11 is 0. The van der Waals surface area contributed by atoms with Crippen molar-refractivity contribution >= 4 is 0 Å². The van der Waals surface area contributed by atoms with Crippen LogP contribution >= 0.6 is 0 Å². The molecule has 13 heavy (non-hydrogen) atoms. The zero-order chi connectivity index (χ0) is 9.84. The van der Waals surface area contributed by atoms with Crippen LogP contribution in [0.25, 0.3) is 0 Å². The molecule has 0 aliphatic heterocycles. The maximum absolute atomic E-state index is 9.02. The van der Waals surface area contributed by atoms with Crippen LogP contribution in [-0.2, 0) is 6.61 Å². The normalized spacial score (nSPS) is 9.85. The van der Waals surface area contributed by atoms with Crippen LogP contribution in [0.5, 0.6) is 11.5 Å². The molecule has 1 rings (SSSR count). The van der Waals surface area contributed by atoms with Gasteiger partial charge < -0.3 is 14.6 Å². The Bertz CT molecular complexity index is 294. The molecule has 0 saturated carbocycles.